The SMILES string of the molecule is CCCNC(C)c1cc2cc(Br)ccc2o1. The fourth-order valence-electron chi connectivity index (χ4n) is 1.71. The number of hydrogen-bond acceptors (Lipinski definition) is 2. The molecule has 0 fully saturated rings. The van der Waals surface area contributed by atoms with Crippen LogP contribution in [0.2, 0.25) is 0 Å². The van der Waals surface area contributed by atoms with Gasteiger partial charge < -0.3 is 9.73 Å². The summed E-state index contributed by atoms with van der Waals surface area (Å²) in [5.41, 5.74) is 0.948. The predicted molar refractivity (Wildman–Crippen MR) is 70.6 cm³/mol. The minimum absolute atomic E-state index is 0.270. The third-order valence-corrected chi connectivity index (χ3v) is 3.12. The lowest BCUT2D eigenvalue weighted by atomic mass is 10.2. The first-order valence-electron chi connectivity index (χ1n) is 5.63. The van der Waals surface area contributed by atoms with Gasteiger partial charge in [-0.05, 0) is 44.2 Å². The first kappa shape index (κ1) is 11.7. The molecule has 1 N–H and O–H groups in total. The maximum Gasteiger partial charge on any atom is 0.134 e. The van der Waals surface area contributed by atoms with E-state index in [9.17, 15) is 0 Å². The molecule has 86 valence electrons. The van der Waals surface area contributed by atoms with Crippen molar-refractivity contribution in [3.05, 3.63) is 34.5 Å². The zero-order valence-electron chi connectivity index (χ0n) is 9.59. The molecule has 0 saturated carbocycles. The van der Waals surface area contributed by atoms with Gasteiger partial charge in [-0.1, -0.05) is 22.9 Å². The van der Waals surface area contributed by atoms with Crippen LogP contribution in [0.4, 0.5) is 0 Å². The molecule has 1 atom stereocenters. The molecule has 1 aromatic heterocycles. The number of nitrogens with one attached hydrogen (secondary N) is 1. The van der Waals surface area contributed by atoms with E-state index in [1.807, 2.05) is 12.1 Å². The van der Waals surface area contributed by atoms with Crippen molar-refractivity contribution in [2.75, 3.05) is 6.54 Å². The van der Waals surface area contributed by atoms with Crippen LogP contribution >= 0.6 is 15.9 Å². The van der Waals surface area contributed by atoms with Crippen LogP contribution in [0.25, 0.3) is 11.0 Å². The van der Waals surface area contributed by atoms with Crippen molar-refractivity contribution in [2.24, 2.45) is 0 Å². The van der Waals surface area contributed by atoms with Gasteiger partial charge in [-0.25, -0.2) is 0 Å². The maximum atomic E-state index is 5.80. The number of fused-ring (bicyclic) bond motifs is 1. The van der Waals surface area contributed by atoms with Gasteiger partial charge in [0.25, 0.3) is 0 Å². The average molecular weight is 282 g/mol. The molecule has 0 saturated heterocycles. The molecule has 0 radical (unpaired) electrons. The summed E-state index contributed by atoms with van der Waals surface area (Å²) in [6.45, 7) is 5.31. The molecule has 3 heteroatoms. The standard InChI is InChI=1S/C13H16BrNO/c1-3-6-15-9(2)13-8-10-7-11(14)4-5-12(10)16-13/h4-5,7-9,15H,3,6H2,1-2H3. The highest BCUT2D eigenvalue weighted by atomic mass is 79.9. The van der Waals surface area contributed by atoms with E-state index < -0.39 is 0 Å². The van der Waals surface area contributed by atoms with Crippen molar-refractivity contribution in [3.63, 3.8) is 0 Å². The van der Waals surface area contributed by atoms with Crippen LogP contribution in [0.15, 0.2) is 33.2 Å². The van der Waals surface area contributed by atoms with E-state index in [0.29, 0.717) is 0 Å². The third kappa shape index (κ3) is 2.47. The highest BCUT2D eigenvalue weighted by Gasteiger charge is 2.10. The van der Waals surface area contributed by atoms with Gasteiger partial charge in [0, 0.05) is 9.86 Å². The lowest BCUT2D eigenvalue weighted by Gasteiger charge is -2.09. The maximum absolute atomic E-state index is 5.80. The van der Waals surface area contributed by atoms with E-state index in [-0.39, 0.29) is 6.04 Å². The largest absolute Gasteiger partial charge is 0.459 e. The summed E-state index contributed by atoms with van der Waals surface area (Å²) >= 11 is 3.46. The Morgan fingerprint density at radius 3 is 2.94 bits per heavy atom. The van der Waals surface area contributed by atoms with Crippen molar-refractivity contribution < 1.29 is 4.42 Å². The van der Waals surface area contributed by atoms with Gasteiger partial charge in [-0.2, -0.15) is 0 Å². The fourth-order valence-corrected chi connectivity index (χ4v) is 2.09. The van der Waals surface area contributed by atoms with Gasteiger partial charge in [0.1, 0.15) is 11.3 Å². The summed E-state index contributed by atoms with van der Waals surface area (Å²) in [5.74, 6) is 1.00. The molecule has 1 heterocycles. The van der Waals surface area contributed by atoms with Gasteiger partial charge in [-0.15, -0.1) is 0 Å². The molecule has 2 rings (SSSR count). The zero-order valence-corrected chi connectivity index (χ0v) is 11.2. The molecule has 0 aliphatic carbocycles. The Balaban J connectivity index is 2.25. The van der Waals surface area contributed by atoms with Gasteiger partial charge in [-0.3, -0.25) is 0 Å². The van der Waals surface area contributed by atoms with Crippen LogP contribution in [0.1, 0.15) is 32.1 Å². The number of furan rings is 1. The summed E-state index contributed by atoms with van der Waals surface area (Å²) in [4.78, 5) is 0. The van der Waals surface area contributed by atoms with Crippen molar-refractivity contribution >= 4 is 26.9 Å². The normalized spacial score (nSPS) is 13.2. The second-order valence-electron chi connectivity index (χ2n) is 4.01. The van der Waals surface area contributed by atoms with Crippen LogP contribution in [0.3, 0.4) is 0 Å². The molecular weight excluding hydrogens is 266 g/mol. The second-order valence-corrected chi connectivity index (χ2v) is 4.92. The summed E-state index contributed by atoms with van der Waals surface area (Å²) in [6.07, 6.45) is 1.14. The molecular formula is C13H16BrNO. The Bertz CT molecular complexity index is 478. The topological polar surface area (TPSA) is 25.2 Å². The lowest BCUT2D eigenvalue weighted by Crippen LogP contribution is -2.18. The molecule has 0 amide bonds. The second kappa shape index (κ2) is 5.02. The van der Waals surface area contributed by atoms with Crippen LogP contribution in [-0.2, 0) is 0 Å². The highest BCUT2D eigenvalue weighted by molar-refractivity contribution is 9.10. The average Bonchev–Trinajstić information content (AvgIpc) is 2.68. The Hall–Kier alpha value is -0.800. The molecule has 0 aliphatic heterocycles. The molecule has 1 aromatic carbocycles. The molecule has 16 heavy (non-hydrogen) atoms. The van der Waals surface area contributed by atoms with Gasteiger partial charge >= 0.3 is 0 Å². The number of rotatable bonds is 4. The molecule has 2 nitrogen and oxygen atoms in total. The Labute approximate surface area is 104 Å². The van der Waals surface area contributed by atoms with Crippen molar-refractivity contribution in [3.8, 4) is 0 Å². The Morgan fingerprint density at radius 1 is 1.38 bits per heavy atom. The fraction of sp³-hybridized carbons (Fsp3) is 0.385. The summed E-state index contributed by atoms with van der Waals surface area (Å²) in [6, 6.07) is 8.45. The van der Waals surface area contributed by atoms with Gasteiger partial charge in [0.05, 0.1) is 6.04 Å². The number of hydrogen-bond donors (Lipinski definition) is 1. The predicted octanol–water partition coefficient (Wildman–Crippen LogP) is 4.26. The lowest BCUT2D eigenvalue weighted by molar-refractivity contribution is 0.452. The minimum atomic E-state index is 0.270. The summed E-state index contributed by atoms with van der Waals surface area (Å²) < 4.78 is 6.88. The van der Waals surface area contributed by atoms with Crippen LogP contribution in [-0.4, -0.2) is 6.54 Å². The van der Waals surface area contributed by atoms with E-state index >= 15 is 0 Å². The first-order valence-corrected chi connectivity index (χ1v) is 6.42. The van der Waals surface area contributed by atoms with E-state index in [2.05, 4.69) is 47.2 Å². The first-order chi connectivity index (χ1) is 7.70. The molecule has 2 aromatic rings. The van der Waals surface area contributed by atoms with Gasteiger partial charge in [0.15, 0.2) is 0 Å². The van der Waals surface area contributed by atoms with Crippen LogP contribution in [0.5, 0.6) is 0 Å². The van der Waals surface area contributed by atoms with Crippen LogP contribution in [0, 0.1) is 0 Å². The summed E-state index contributed by atoms with van der Waals surface area (Å²) in [5, 5.41) is 4.57. The van der Waals surface area contributed by atoms with Crippen molar-refractivity contribution in [2.45, 2.75) is 26.3 Å². The van der Waals surface area contributed by atoms with E-state index in [4.69, 9.17) is 4.42 Å². The van der Waals surface area contributed by atoms with E-state index in [1.54, 1.807) is 0 Å². The van der Waals surface area contributed by atoms with Crippen molar-refractivity contribution in [1.82, 2.24) is 5.32 Å². The quantitative estimate of drug-likeness (QED) is 0.906. The number of halogens is 1. The number of benzene rings is 1. The van der Waals surface area contributed by atoms with E-state index in [1.165, 1.54) is 0 Å². The highest BCUT2D eigenvalue weighted by Crippen LogP contribution is 2.26. The third-order valence-electron chi connectivity index (χ3n) is 2.62. The molecule has 1 unspecified atom stereocenters. The zero-order chi connectivity index (χ0) is 11.5. The molecule has 0 aliphatic rings. The smallest absolute Gasteiger partial charge is 0.134 e. The minimum Gasteiger partial charge on any atom is -0.459 e. The van der Waals surface area contributed by atoms with E-state index in [0.717, 1.165) is 34.2 Å². The molecule has 0 spiro atoms. The Morgan fingerprint density at radius 2 is 2.19 bits per heavy atom. The molecule has 0 bridgehead atoms. The van der Waals surface area contributed by atoms with Crippen molar-refractivity contribution in [1.29, 1.82) is 0 Å². The van der Waals surface area contributed by atoms with Crippen LogP contribution < -0.4 is 5.32 Å². The monoisotopic (exact) mass is 281 g/mol. The summed E-state index contributed by atoms with van der Waals surface area (Å²) in [7, 11) is 0. The Kier molecular flexibility index (Phi) is 3.66. The van der Waals surface area contributed by atoms with Gasteiger partial charge in [0.2, 0.25) is 0 Å².